The van der Waals surface area contributed by atoms with Crippen LogP contribution in [0.3, 0.4) is 0 Å². The van der Waals surface area contributed by atoms with Crippen LogP contribution in [-0.4, -0.2) is 17.7 Å². The Kier molecular flexibility index (Phi) is 3.75. The van der Waals surface area contributed by atoms with Gasteiger partial charge in [0.25, 0.3) is 5.56 Å². The predicted octanol–water partition coefficient (Wildman–Crippen LogP) is 1.87. The number of pyridine rings is 1. The van der Waals surface area contributed by atoms with Crippen molar-refractivity contribution in [3.05, 3.63) is 34.2 Å². The molecule has 0 amide bonds. The van der Waals surface area contributed by atoms with Gasteiger partial charge in [0, 0.05) is 18.8 Å². The number of nitrogens with one attached hydrogen (secondary N) is 1. The zero-order chi connectivity index (χ0) is 13.2. The number of piperidine rings is 1. The monoisotopic (exact) mass is 260 g/mol. The molecule has 0 unspecified atom stereocenters. The van der Waals surface area contributed by atoms with E-state index in [2.05, 4.69) is 5.32 Å². The van der Waals surface area contributed by atoms with Crippen LogP contribution in [0.25, 0.3) is 0 Å². The first-order valence-electron chi connectivity index (χ1n) is 5.95. The van der Waals surface area contributed by atoms with Crippen LogP contribution in [0.15, 0.2) is 23.1 Å². The van der Waals surface area contributed by atoms with Gasteiger partial charge in [0.1, 0.15) is 0 Å². The number of aromatic nitrogens is 1. The first-order chi connectivity index (χ1) is 8.47. The molecule has 1 aromatic rings. The number of rotatable bonds is 2. The third-order valence-corrected chi connectivity index (χ3v) is 3.16. The Labute approximate surface area is 103 Å². The second-order valence-corrected chi connectivity index (χ2v) is 4.62. The van der Waals surface area contributed by atoms with Crippen molar-refractivity contribution in [3.8, 4) is 0 Å². The Hall–Kier alpha value is -1.30. The summed E-state index contributed by atoms with van der Waals surface area (Å²) in [7, 11) is 0. The average molecular weight is 260 g/mol. The van der Waals surface area contributed by atoms with Crippen molar-refractivity contribution in [2.75, 3.05) is 13.1 Å². The Morgan fingerprint density at radius 2 is 2.17 bits per heavy atom. The smallest absolute Gasteiger partial charge is 0.316 e. The fourth-order valence-corrected chi connectivity index (χ4v) is 2.20. The summed E-state index contributed by atoms with van der Waals surface area (Å²) in [5.74, 6) is 0.222. The molecule has 3 nitrogen and oxygen atoms in total. The summed E-state index contributed by atoms with van der Waals surface area (Å²) in [4.78, 5) is 11.5. The molecule has 0 aliphatic carbocycles. The van der Waals surface area contributed by atoms with Crippen LogP contribution in [0.1, 0.15) is 18.4 Å². The summed E-state index contributed by atoms with van der Waals surface area (Å²) in [5.41, 5.74) is -1.15. The molecular weight excluding hydrogens is 245 g/mol. The molecule has 0 radical (unpaired) electrons. The minimum absolute atomic E-state index is 0.222. The quantitative estimate of drug-likeness (QED) is 0.880. The Morgan fingerprint density at radius 3 is 2.78 bits per heavy atom. The molecule has 1 fully saturated rings. The molecule has 0 bridgehead atoms. The van der Waals surface area contributed by atoms with Crippen molar-refractivity contribution < 1.29 is 13.2 Å². The Morgan fingerprint density at radius 1 is 1.39 bits per heavy atom. The van der Waals surface area contributed by atoms with Crippen LogP contribution in [0.5, 0.6) is 0 Å². The number of alkyl halides is 3. The highest BCUT2D eigenvalue weighted by Gasteiger charge is 2.31. The lowest BCUT2D eigenvalue weighted by Crippen LogP contribution is -2.34. The van der Waals surface area contributed by atoms with E-state index in [1.54, 1.807) is 0 Å². The van der Waals surface area contributed by atoms with E-state index in [4.69, 9.17) is 0 Å². The second kappa shape index (κ2) is 5.14. The standard InChI is InChI=1S/C12H15F3N2O/c13-12(14,15)10-3-4-11(18)17(8-10)7-9-2-1-5-16-6-9/h3-4,8-9,16H,1-2,5-7H2/t9-/m1/s1. The first kappa shape index (κ1) is 13.1. The maximum absolute atomic E-state index is 12.6. The number of hydrogen-bond acceptors (Lipinski definition) is 2. The fourth-order valence-electron chi connectivity index (χ4n) is 2.20. The molecule has 0 aromatic carbocycles. The average Bonchev–Trinajstić information content (AvgIpc) is 2.32. The zero-order valence-electron chi connectivity index (χ0n) is 9.83. The summed E-state index contributed by atoms with van der Waals surface area (Å²) in [6.07, 6.45) is -1.55. The Bertz CT molecular complexity index is 461. The molecule has 0 spiro atoms. The maximum Gasteiger partial charge on any atom is 0.417 e. The summed E-state index contributed by atoms with van der Waals surface area (Å²) < 4.78 is 38.8. The molecule has 6 heteroatoms. The number of nitrogens with zero attached hydrogens (tertiary/aromatic N) is 1. The van der Waals surface area contributed by atoms with E-state index in [0.717, 1.165) is 44.3 Å². The minimum Gasteiger partial charge on any atom is -0.316 e. The van der Waals surface area contributed by atoms with Crippen molar-refractivity contribution in [2.45, 2.75) is 25.6 Å². The van der Waals surface area contributed by atoms with Crippen LogP contribution in [0, 0.1) is 5.92 Å². The van der Waals surface area contributed by atoms with Crippen LogP contribution in [-0.2, 0) is 12.7 Å². The molecule has 1 N–H and O–H groups in total. The Balaban J connectivity index is 2.18. The van der Waals surface area contributed by atoms with Crippen LogP contribution < -0.4 is 10.9 Å². The molecule has 100 valence electrons. The van der Waals surface area contributed by atoms with Crippen LogP contribution in [0.2, 0.25) is 0 Å². The molecule has 2 heterocycles. The highest BCUT2D eigenvalue weighted by atomic mass is 19.4. The van der Waals surface area contributed by atoms with Gasteiger partial charge in [-0.25, -0.2) is 0 Å². The maximum atomic E-state index is 12.6. The molecule has 1 aliphatic heterocycles. The van der Waals surface area contributed by atoms with E-state index in [-0.39, 0.29) is 11.5 Å². The fraction of sp³-hybridized carbons (Fsp3) is 0.583. The van der Waals surface area contributed by atoms with E-state index in [1.807, 2.05) is 0 Å². The normalized spacial score (nSPS) is 20.9. The van der Waals surface area contributed by atoms with Gasteiger partial charge in [-0.05, 0) is 37.9 Å². The van der Waals surface area contributed by atoms with E-state index in [1.165, 1.54) is 4.57 Å². The third kappa shape index (κ3) is 3.13. The molecule has 18 heavy (non-hydrogen) atoms. The van der Waals surface area contributed by atoms with E-state index < -0.39 is 11.7 Å². The first-order valence-corrected chi connectivity index (χ1v) is 5.95. The second-order valence-electron chi connectivity index (χ2n) is 4.62. The SMILES string of the molecule is O=c1ccc(C(F)(F)F)cn1C[C@@H]1CCCNC1. The van der Waals surface area contributed by atoms with Crippen molar-refractivity contribution in [1.82, 2.24) is 9.88 Å². The van der Waals surface area contributed by atoms with Crippen molar-refractivity contribution in [1.29, 1.82) is 0 Å². The summed E-state index contributed by atoms with van der Waals surface area (Å²) >= 11 is 0. The van der Waals surface area contributed by atoms with Gasteiger partial charge < -0.3 is 9.88 Å². The van der Waals surface area contributed by atoms with E-state index in [0.29, 0.717) is 6.54 Å². The van der Waals surface area contributed by atoms with Gasteiger partial charge in [0.15, 0.2) is 0 Å². The summed E-state index contributed by atoms with van der Waals surface area (Å²) in [6, 6.07) is 1.82. The van der Waals surface area contributed by atoms with Gasteiger partial charge in [-0.15, -0.1) is 0 Å². The van der Waals surface area contributed by atoms with Gasteiger partial charge in [0.2, 0.25) is 0 Å². The lowest BCUT2D eigenvalue weighted by molar-refractivity contribution is -0.138. The van der Waals surface area contributed by atoms with Gasteiger partial charge in [-0.1, -0.05) is 0 Å². The lowest BCUT2D eigenvalue weighted by Gasteiger charge is -2.23. The summed E-state index contributed by atoms with van der Waals surface area (Å²) in [5, 5.41) is 3.18. The molecule has 1 saturated heterocycles. The minimum atomic E-state index is -4.40. The predicted molar refractivity (Wildman–Crippen MR) is 61.3 cm³/mol. The van der Waals surface area contributed by atoms with Gasteiger partial charge in [-0.3, -0.25) is 4.79 Å². The van der Waals surface area contributed by atoms with Crippen LogP contribution in [0.4, 0.5) is 13.2 Å². The molecule has 1 atom stereocenters. The van der Waals surface area contributed by atoms with Crippen LogP contribution >= 0.6 is 0 Å². The third-order valence-electron chi connectivity index (χ3n) is 3.16. The molecule has 2 rings (SSSR count). The zero-order valence-corrected chi connectivity index (χ0v) is 9.83. The van der Waals surface area contributed by atoms with Gasteiger partial charge in [0.05, 0.1) is 5.56 Å². The van der Waals surface area contributed by atoms with Gasteiger partial charge in [-0.2, -0.15) is 13.2 Å². The number of hydrogen-bond donors (Lipinski definition) is 1. The van der Waals surface area contributed by atoms with E-state index in [9.17, 15) is 18.0 Å². The van der Waals surface area contributed by atoms with Gasteiger partial charge >= 0.3 is 6.18 Å². The lowest BCUT2D eigenvalue weighted by atomic mass is 9.99. The molecule has 1 aliphatic rings. The number of halogens is 3. The topological polar surface area (TPSA) is 34.0 Å². The van der Waals surface area contributed by atoms with E-state index >= 15 is 0 Å². The highest BCUT2D eigenvalue weighted by molar-refractivity contribution is 5.13. The van der Waals surface area contributed by atoms with Crippen molar-refractivity contribution in [2.24, 2.45) is 5.92 Å². The summed E-state index contributed by atoms with van der Waals surface area (Å²) in [6.45, 7) is 2.03. The highest BCUT2D eigenvalue weighted by Crippen LogP contribution is 2.28. The van der Waals surface area contributed by atoms with Crippen molar-refractivity contribution >= 4 is 0 Å². The molecule has 0 saturated carbocycles. The largest absolute Gasteiger partial charge is 0.417 e. The molecule has 1 aromatic heterocycles. The molecular formula is C12H15F3N2O. The van der Waals surface area contributed by atoms with Crippen molar-refractivity contribution in [3.63, 3.8) is 0 Å².